The molecule has 0 aliphatic rings. The van der Waals surface area contributed by atoms with Crippen LogP contribution < -0.4 is 10.1 Å². The molecule has 0 aliphatic carbocycles. The number of aryl methyl sites for hydroxylation is 1. The maximum absolute atomic E-state index is 12.1. The number of aromatic nitrogens is 1. The number of H-pyrrole nitrogens is 1. The zero-order valence-electron chi connectivity index (χ0n) is 15.4. The molecule has 3 aromatic rings. The molecule has 1 heterocycles. The second-order valence-corrected chi connectivity index (χ2v) is 6.80. The number of aromatic amines is 1. The number of benzene rings is 2. The molecule has 1 aromatic heterocycles. The first kappa shape index (κ1) is 18.1. The summed E-state index contributed by atoms with van der Waals surface area (Å²) >= 11 is 0. The van der Waals surface area contributed by atoms with Crippen molar-refractivity contribution in [1.29, 1.82) is 0 Å². The Bertz CT molecular complexity index is 850. The average molecular weight is 350 g/mol. The normalized spacial score (nSPS) is 11.0. The Morgan fingerprint density at radius 2 is 1.88 bits per heavy atom. The van der Waals surface area contributed by atoms with Crippen molar-refractivity contribution >= 4 is 16.8 Å². The van der Waals surface area contributed by atoms with Crippen LogP contribution in [0.5, 0.6) is 5.75 Å². The van der Waals surface area contributed by atoms with Gasteiger partial charge in [-0.05, 0) is 56.0 Å². The van der Waals surface area contributed by atoms with Gasteiger partial charge in [0.1, 0.15) is 5.75 Å². The van der Waals surface area contributed by atoms with Crippen LogP contribution >= 0.6 is 0 Å². The summed E-state index contributed by atoms with van der Waals surface area (Å²) in [5.41, 5.74) is 3.50. The summed E-state index contributed by atoms with van der Waals surface area (Å²) in [6, 6.07) is 16.1. The van der Waals surface area contributed by atoms with E-state index >= 15 is 0 Å². The van der Waals surface area contributed by atoms with Gasteiger partial charge in [0.15, 0.2) is 0 Å². The van der Waals surface area contributed by atoms with Gasteiger partial charge in [0.2, 0.25) is 5.91 Å². The lowest BCUT2D eigenvalue weighted by Crippen LogP contribution is -2.22. The third kappa shape index (κ3) is 4.88. The fraction of sp³-hybridized carbons (Fsp3) is 0.318. The van der Waals surface area contributed by atoms with Crippen molar-refractivity contribution in [3.8, 4) is 5.75 Å². The van der Waals surface area contributed by atoms with E-state index in [9.17, 15) is 4.79 Å². The van der Waals surface area contributed by atoms with Gasteiger partial charge in [0, 0.05) is 30.1 Å². The van der Waals surface area contributed by atoms with Crippen LogP contribution in [0.1, 0.15) is 37.8 Å². The molecule has 0 fully saturated rings. The number of fused-ring (bicyclic) bond motifs is 1. The van der Waals surface area contributed by atoms with E-state index in [1.807, 2.05) is 56.4 Å². The zero-order valence-corrected chi connectivity index (χ0v) is 15.4. The highest BCUT2D eigenvalue weighted by Crippen LogP contribution is 2.19. The van der Waals surface area contributed by atoms with E-state index in [4.69, 9.17) is 4.74 Å². The monoisotopic (exact) mass is 350 g/mol. The number of ether oxygens (including phenoxy) is 1. The number of para-hydroxylation sites is 1. The molecule has 0 bridgehead atoms. The highest BCUT2D eigenvalue weighted by Gasteiger charge is 2.06. The minimum Gasteiger partial charge on any atom is -0.491 e. The molecule has 3 rings (SSSR count). The molecule has 2 aromatic carbocycles. The quantitative estimate of drug-likeness (QED) is 0.624. The molecule has 2 N–H and O–H groups in total. The van der Waals surface area contributed by atoms with Gasteiger partial charge in [-0.15, -0.1) is 0 Å². The van der Waals surface area contributed by atoms with Gasteiger partial charge < -0.3 is 15.0 Å². The summed E-state index contributed by atoms with van der Waals surface area (Å²) in [5.74, 6) is 0.946. The van der Waals surface area contributed by atoms with Crippen molar-refractivity contribution in [1.82, 2.24) is 10.3 Å². The van der Waals surface area contributed by atoms with Gasteiger partial charge in [-0.3, -0.25) is 4.79 Å². The largest absolute Gasteiger partial charge is 0.491 e. The van der Waals surface area contributed by atoms with E-state index in [1.165, 1.54) is 10.9 Å². The molecule has 0 radical (unpaired) electrons. The van der Waals surface area contributed by atoms with Crippen LogP contribution in [0.3, 0.4) is 0 Å². The van der Waals surface area contributed by atoms with E-state index in [2.05, 4.69) is 22.4 Å². The predicted octanol–water partition coefficient (Wildman–Crippen LogP) is 4.59. The van der Waals surface area contributed by atoms with Crippen molar-refractivity contribution in [2.45, 2.75) is 45.8 Å². The minimum absolute atomic E-state index is 0.0901. The first-order chi connectivity index (χ1) is 12.6. The van der Waals surface area contributed by atoms with Crippen molar-refractivity contribution in [2.24, 2.45) is 0 Å². The zero-order chi connectivity index (χ0) is 18.4. The lowest BCUT2D eigenvalue weighted by atomic mass is 10.1. The number of nitrogens with one attached hydrogen (secondary N) is 2. The third-order valence-corrected chi connectivity index (χ3v) is 4.31. The van der Waals surface area contributed by atoms with E-state index in [0.29, 0.717) is 13.0 Å². The predicted molar refractivity (Wildman–Crippen MR) is 105 cm³/mol. The molecule has 1 amide bonds. The number of hydrogen-bond donors (Lipinski definition) is 2. The van der Waals surface area contributed by atoms with Gasteiger partial charge in [0.25, 0.3) is 0 Å². The topological polar surface area (TPSA) is 54.1 Å². The van der Waals surface area contributed by atoms with Crippen molar-refractivity contribution in [2.75, 3.05) is 0 Å². The maximum Gasteiger partial charge on any atom is 0.220 e. The Hall–Kier alpha value is -2.75. The van der Waals surface area contributed by atoms with Crippen LogP contribution in [0.4, 0.5) is 0 Å². The van der Waals surface area contributed by atoms with E-state index < -0.39 is 0 Å². The van der Waals surface area contributed by atoms with Crippen LogP contribution in [0.2, 0.25) is 0 Å². The van der Waals surface area contributed by atoms with Crippen LogP contribution in [0.25, 0.3) is 10.9 Å². The number of amides is 1. The summed E-state index contributed by atoms with van der Waals surface area (Å²) in [6.07, 6.45) is 4.49. The molecule has 0 saturated heterocycles. The van der Waals surface area contributed by atoms with Gasteiger partial charge in [-0.25, -0.2) is 0 Å². The van der Waals surface area contributed by atoms with Crippen LogP contribution in [0, 0.1) is 0 Å². The Balaban J connectivity index is 1.41. The van der Waals surface area contributed by atoms with Crippen LogP contribution in [-0.2, 0) is 17.8 Å². The van der Waals surface area contributed by atoms with Crippen molar-refractivity contribution in [3.05, 3.63) is 65.9 Å². The maximum atomic E-state index is 12.1. The highest BCUT2D eigenvalue weighted by molar-refractivity contribution is 5.83. The first-order valence-corrected chi connectivity index (χ1v) is 9.19. The SMILES string of the molecule is CC(C)Oc1ccc(CNC(=O)CCCc2c[nH]c3ccccc23)cc1. The molecule has 0 saturated carbocycles. The number of hydrogen-bond acceptors (Lipinski definition) is 2. The summed E-state index contributed by atoms with van der Waals surface area (Å²) in [7, 11) is 0. The third-order valence-electron chi connectivity index (χ3n) is 4.31. The van der Waals surface area contributed by atoms with Crippen LogP contribution in [-0.4, -0.2) is 17.0 Å². The van der Waals surface area contributed by atoms with Crippen molar-refractivity contribution < 1.29 is 9.53 Å². The fourth-order valence-corrected chi connectivity index (χ4v) is 3.02. The second kappa shape index (κ2) is 8.56. The number of carbonyl (C=O) groups is 1. The minimum atomic E-state index is 0.0901. The standard InChI is InChI=1S/C22H26N2O2/c1-16(2)26-19-12-10-17(11-13-19)14-24-22(25)9-5-6-18-15-23-21-8-4-3-7-20(18)21/h3-4,7-8,10-13,15-16,23H,5-6,9,14H2,1-2H3,(H,24,25). The van der Waals surface area contributed by atoms with E-state index in [1.54, 1.807) is 0 Å². The Morgan fingerprint density at radius 3 is 2.65 bits per heavy atom. The van der Waals surface area contributed by atoms with Gasteiger partial charge >= 0.3 is 0 Å². The molecule has 0 atom stereocenters. The van der Waals surface area contributed by atoms with Gasteiger partial charge in [0.05, 0.1) is 6.10 Å². The number of carbonyl (C=O) groups excluding carboxylic acids is 1. The Kier molecular flexibility index (Phi) is 5.95. The lowest BCUT2D eigenvalue weighted by molar-refractivity contribution is -0.121. The highest BCUT2D eigenvalue weighted by atomic mass is 16.5. The summed E-state index contributed by atoms with van der Waals surface area (Å²) in [5, 5.41) is 4.24. The molecule has 0 aliphatic heterocycles. The molecule has 26 heavy (non-hydrogen) atoms. The van der Waals surface area contributed by atoms with E-state index in [-0.39, 0.29) is 12.0 Å². The summed E-state index contributed by atoms with van der Waals surface area (Å²) in [6.45, 7) is 4.56. The molecule has 4 nitrogen and oxygen atoms in total. The average Bonchev–Trinajstić information content (AvgIpc) is 3.04. The molecular formula is C22H26N2O2. The van der Waals surface area contributed by atoms with E-state index in [0.717, 1.165) is 29.7 Å². The smallest absolute Gasteiger partial charge is 0.220 e. The molecule has 4 heteroatoms. The first-order valence-electron chi connectivity index (χ1n) is 9.19. The molecular weight excluding hydrogens is 324 g/mol. The Morgan fingerprint density at radius 1 is 1.12 bits per heavy atom. The van der Waals surface area contributed by atoms with Crippen LogP contribution in [0.15, 0.2) is 54.7 Å². The molecule has 0 unspecified atom stereocenters. The van der Waals surface area contributed by atoms with Crippen molar-refractivity contribution in [3.63, 3.8) is 0 Å². The fourth-order valence-electron chi connectivity index (χ4n) is 3.02. The Labute approximate surface area is 154 Å². The van der Waals surface area contributed by atoms with Gasteiger partial charge in [-0.1, -0.05) is 30.3 Å². The second-order valence-electron chi connectivity index (χ2n) is 6.80. The van der Waals surface area contributed by atoms with Gasteiger partial charge in [-0.2, -0.15) is 0 Å². The molecule has 136 valence electrons. The number of rotatable bonds is 8. The summed E-state index contributed by atoms with van der Waals surface area (Å²) < 4.78 is 5.62. The lowest BCUT2D eigenvalue weighted by Gasteiger charge is -2.10. The molecule has 0 spiro atoms. The summed E-state index contributed by atoms with van der Waals surface area (Å²) in [4.78, 5) is 15.4.